The van der Waals surface area contributed by atoms with Crippen molar-refractivity contribution in [3.05, 3.63) is 35.4 Å². The molecule has 0 fully saturated rings. The minimum Gasteiger partial charge on any atom is -0.184 e. The number of hydrogen-bond donors (Lipinski definition) is 0. The van der Waals surface area contributed by atoms with Crippen molar-refractivity contribution >= 4 is 11.6 Å². The number of halogens is 1. The smallest absolute Gasteiger partial charge is 0 e. The van der Waals surface area contributed by atoms with Gasteiger partial charge in [0.1, 0.15) is 0 Å². The van der Waals surface area contributed by atoms with Gasteiger partial charge in [0, 0.05) is 16.5 Å². The largest absolute Gasteiger partial charge is 0.184 e. The van der Waals surface area contributed by atoms with Crippen molar-refractivity contribution < 1.29 is 16.5 Å². The number of benzene rings is 1. The van der Waals surface area contributed by atoms with Crippen molar-refractivity contribution in [2.24, 2.45) is 0 Å². The Morgan fingerprint density at radius 3 is 2.00 bits per heavy atom. The molecule has 0 aromatic heterocycles. The molecule has 0 aliphatic rings. The molecule has 1 rings (SSSR count). The first-order valence-corrected chi connectivity index (χ1v) is 2.39. The summed E-state index contributed by atoms with van der Waals surface area (Å²) in [4.78, 5) is 0. The van der Waals surface area contributed by atoms with Crippen molar-refractivity contribution in [1.82, 2.24) is 0 Å². The topological polar surface area (TPSA) is 0 Å². The molecule has 0 bridgehead atoms. The van der Waals surface area contributed by atoms with Crippen LogP contribution in [0.4, 0.5) is 0 Å². The molecule has 0 saturated heterocycles. The fraction of sp³-hybridized carbons (Fsp3) is 0. The van der Waals surface area contributed by atoms with Gasteiger partial charge >= 0.3 is 0 Å². The fourth-order valence-corrected chi connectivity index (χ4v) is 0.493. The Labute approximate surface area is 63.8 Å². The second kappa shape index (κ2) is 3.94. The van der Waals surface area contributed by atoms with Gasteiger partial charge in [-0.1, -0.05) is 5.02 Å². The molecule has 0 atom stereocenters. The summed E-state index contributed by atoms with van der Waals surface area (Å²) >= 11 is 5.52. The molecule has 46 valence electrons. The van der Waals surface area contributed by atoms with Crippen LogP contribution in [0.1, 0.15) is 0 Å². The molecule has 0 amide bonds. The second-order valence-electron chi connectivity index (χ2n) is 1.22. The Morgan fingerprint density at radius 2 is 1.75 bits per heavy atom. The van der Waals surface area contributed by atoms with E-state index in [4.69, 9.17) is 11.6 Å². The van der Waals surface area contributed by atoms with Gasteiger partial charge in [0.05, 0.1) is 0 Å². The molecule has 0 N–H and O–H groups in total. The van der Waals surface area contributed by atoms with Crippen LogP contribution in [0, 0.1) is 6.07 Å². The van der Waals surface area contributed by atoms with Crippen molar-refractivity contribution in [3.63, 3.8) is 0 Å². The first-order chi connectivity index (χ1) is 3.39. The summed E-state index contributed by atoms with van der Waals surface area (Å²) in [6.45, 7) is 0. The van der Waals surface area contributed by atoms with Gasteiger partial charge in [-0.25, -0.2) is 0 Å². The van der Waals surface area contributed by atoms with Crippen LogP contribution in [0.25, 0.3) is 0 Å². The summed E-state index contributed by atoms with van der Waals surface area (Å²) in [5.41, 5.74) is 0. The van der Waals surface area contributed by atoms with Crippen molar-refractivity contribution in [3.8, 4) is 0 Å². The van der Waals surface area contributed by atoms with Gasteiger partial charge < -0.3 is 0 Å². The maximum Gasteiger partial charge on any atom is 0 e. The maximum absolute atomic E-state index is 5.52. The molecule has 0 spiro atoms. The summed E-state index contributed by atoms with van der Waals surface area (Å²) in [6, 6.07) is 10.00. The van der Waals surface area contributed by atoms with E-state index in [1.54, 1.807) is 24.3 Å². The monoisotopic (exact) mass is 169 g/mol. The molecule has 0 aliphatic carbocycles. The van der Waals surface area contributed by atoms with E-state index in [0.717, 1.165) is 5.02 Å². The van der Waals surface area contributed by atoms with Crippen molar-refractivity contribution in [2.75, 3.05) is 0 Å². The van der Waals surface area contributed by atoms with E-state index in [9.17, 15) is 0 Å². The van der Waals surface area contributed by atoms with Crippen LogP contribution in [0.2, 0.25) is 5.02 Å². The average Bonchev–Trinajstić information content (AvgIpc) is 1.69. The first kappa shape index (κ1) is 8.00. The SMILES string of the molecule is Clc1cc[c-]cc1.[Ni]. The van der Waals surface area contributed by atoms with E-state index in [0.29, 0.717) is 0 Å². The van der Waals surface area contributed by atoms with Crippen LogP contribution in [0.3, 0.4) is 0 Å². The average molecular weight is 170 g/mol. The second-order valence-corrected chi connectivity index (χ2v) is 1.65. The minimum atomic E-state index is 0. The first-order valence-electron chi connectivity index (χ1n) is 2.01. The third kappa shape index (κ3) is 2.35. The van der Waals surface area contributed by atoms with Gasteiger partial charge in [0.25, 0.3) is 0 Å². The Hall–Kier alpha value is 0.00351. The third-order valence-electron chi connectivity index (χ3n) is 0.678. The fourth-order valence-electron chi connectivity index (χ4n) is 0.367. The van der Waals surface area contributed by atoms with Crippen LogP contribution in [-0.2, 0) is 16.5 Å². The Balaban J connectivity index is 0.000000490. The molecular weight excluding hydrogens is 166 g/mol. The predicted molar refractivity (Wildman–Crippen MR) is 30.3 cm³/mol. The zero-order chi connectivity index (χ0) is 5.11. The van der Waals surface area contributed by atoms with E-state index in [-0.39, 0.29) is 16.5 Å². The number of hydrogen-bond acceptors (Lipinski definition) is 0. The summed E-state index contributed by atoms with van der Waals surface area (Å²) in [5, 5.41) is 0.763. The van der Waals surface area contributed by atoms with Crippen LogP contribution in [-0.4, -0.2) is 0 Å². The van der Waals surface area contributed by atoms with Crippen LogP contribution < -0.4 is 0 Å². The molecule has 0 radical (unpaired) electrons. The van der Waals surface area contributed by atoms with Gasteiger partial charge in [0.2, 0.25) is 0 Å². The van der Waals surface area contributed by atoms with Gasteiger partial charge in [0.15, 0.2) is 0 Å². The van der Waals surface area contributed by atoms with Gasteiger partial charge in [-0.15, -0.1) is 11.6 Å². The van der Waals surface area contributed by atoms with Crippen LogP contribution in [0.15, 0.2) is 24.3 Å². The van der Waals surface area contributed by atoms with E-state index >= 15 is 0 Å². The Bertz CT molecular complexity index is 138. The molecule has 0 aliphatic heterocycles. The summed E-state index contributed by atoms with van der Waals surface area (Å²) < 4.78 is 0. The number of rotatable bonds is 0. The molecule has 0 nitrogen and oxygen atoms in total. The van der Waals surface area contributed by atoms with Crippen molar-refractivity contribution in [2.45, 2.75) is 0 Å². The normalized spacial score (nSPS) is 7.62. The minimum absolute atomic E-state index is 0. The molecule has 1 aromatic rings. The zero-order valence-electron chi connectivity index (χ0n) is 4.00. The Morgan fingerprint density at radius 1 is 1.25 bits per heavy atom. The summed E-state index contributed by atoms with van der Waals surface area (Å²) in [7, 11) is 0. The molecule has 2 heteroatoms. The predicted octanol–water partition coefficient (Wildman–Crippen LogP) is 2.14. The zero-order valence-corrected chi connectivity index (χ0v) is 5.75. The van der Waals surface area contributed by atoms with Gasteiger partial charge in [-0.2, -0.15) is 30.3 Å². The third-order valence-corrected chi connectivity index (χ3v) is 0.930. The van der Waals surface area contributed by atoms with E-state index in [2.05, 4.69) is 6.07 Å². The quantitative estimate of drug-likeness (QED) is 0.413. The van der Waals surface area contributed by atoms with Crippen LogP contribution in [0.5, 0.6) is 0 Å². The summed E-state index contributed by atoms with van der Waals surface area (Å²) in [6.07, 6.45) is 0. The molecule has 0 heterocycles. The van der Waals surface area contributed by atoms with Crippen LogP contribution >= 0.6 is 11.6 Å². The molecule has 8 heavy (non-hydrogen) atoms. The Kier molecular flexibility index (Phi) is 3.94. The standard InChI is InChI=1S/C6H4Cl.Ni/c7-6-4-2-1-3-5-6;/h2-5H;/q-1;. The molecular formula is C6H4ClNi-. The van der Waals surface area contributed by atoms with E-state index in [1.807, 2.05) is 0 Å². The maximum atomic E-state index is 5.52. The van der Waals surface area contributed by atoms with Gasteiger partial charge in [-0.05, 0) is 0 Å². The molecule has 0 saturated carbocycles. The summed E-state index contributed by atoms with van der Waals surface area (Å²) in [5.74, 6) is 0. The molecule has 1 aromatic carbocycles. The van der Waals surface area contributed by atoms with Gasteiger partial charge in [-0.3, -0.25) is 0 Å². The van der Waals surface area contributed by atoms with E-state index < -0.39 is 0 Å². The van der Waals surface area contributed by atoms with E-state index in [1.165, 1.54) is 0 Å². The van der Waals surface area contributed by atoms with Crippen molar-refractivity contribution in [1.29, 1.82) is 0 Å². The molecule has 0 unspecified atom stereocenters.